The molecule has 0 bridgehead atoms. The number of benzene rings is 3. The highest BCUT2D eigenvalue weighted by molar-refractivity contribution is 6.32. The van der Waals surface area contributed by atoms with Crippen molar-refractivity contribution in [3.63, 3.8) is 0 Å². The smallest absolute Gasteiger partial charge is 0.269 e. The molecular weight excluding hydrogens is 376 g/mol. The zero-order valence-electron chi connectivity index (χ0n) is 15.7. The second-order valence-corrected chi connectivity index (χ2v) is 6.99. The van der Waals surface area contributed by atoms with Crippen molar-refractivity contribution in [2.75, 3.05) is 5.32 Å². The molecule has 0 atom stereocenters. The zero-order chi connectivity index (χ0) is 20.1. The quantitative estimate of drug-likeness (QED) is 0.389. The predicted octanol–water partition coefficient (Wildman–Crippen LogP) is 6.06. The Kier molecular flexibility index (Phi) is 6.16. The molecular formula is C22H21ClN2O3. The third-order valence-electron chi connectivity index (χ3n) is 4.63. The minimum absolute atomic E-state index is 0.0579. The van der Waals surface area contributed by atoms with E-state index in [1.807, 2.05) is 24.3 Å². The van der Waals surface area contributed by atoms with E-state index in [1.54, 1.807) is 12.1 Å². The fourth-order valence-corrected chi connectivity index (χ4v) is 3.04. The van der Waals surface area contributed by atoms with Crippen molar-refractivity contribution in [2.24, 2.45) is 0 Å². The van der Waals surface area contributed by atoms with Crippen molar-refractivity contribution in [2.45, 2.75) is 27.0 Å². The molecule has 5 nitrogen and oxygen atoms in total. The molecule has 0 spiro atoms. The number of hydrogen-bond donors (Lipinski definition) is 1. The molecule has 0 aliphatic heterocycles. The summed E-state index contributed by atoms with van der Waals surface area (Å²) >= 11 is 6.36. The van der Waals surface area contributed by atoms with Gasteiger partial charge in [-0.3, -0.25) is 10.1 Å². The van der Waals surface area contributed by atoms with Crippen LogP contribution in [0.3, 0.4) is 0 Å². The molecule has 3 aromatic rings. The maximum atomic E-state index is 10.7. The van der Waals surface area contributed by atoms with Crippen molar-refractivity contribution < 1.29 is 9.66 Å². The Balaban J connectivity index is 1.60. The molecule has 0 radical (unpaired) electrons. The largest absolute Gasteiger partial charge is 0.487 e. The van der Waals surface area contributed by atoms with E-state index >= 15 is 0 Å². The molecule has 0 fully saturated rings. The van der Waals surface area contributed by atoms with Crippen LogP contribution in [0.2, 0.25) is 5.02 Å². The van der Waals surface area contributed by atoms with Gasteiger partial charge in [-0.2, -0.15) is 0 Å². The number of nitro groups is 1. The van der Waals surface area contributed by atoms with Crippen LogP contribution in [0.5, 0.6) is 5.75 Å². The second kappa shape index (κ2) is 8.76. The average Bonchev–Trinajstić information content (AvgIpc) is 2.68. The summed E-state index contributed by atoms with van der Waals surface area (Å²) in [5.41, 5.74) is 5.53. The summed E-state index contributed by atoms with van der Waals surface area (Å²) in [6.45, 7) is 5.14. The van der Waals surface area contributed by atoms with Crippen molar-refractivity contribution >= 4 is 23.0 Å². The first kappa shape index (κ1) is 19.7. The standard InChI is InChI=1S/C22H21ClN2O3/c1-15-4-3-5-21(16(15)2)24-13-18-8-11-22(20(23)12-18)28-14-17-6-9-19(10-7-17)25(26)27/h3-12,24H,13-14H2,1-2H3. The number of nitrogens with zero attached hydrogens (tertiary/aromatic N) is 1. The van der Waals surface area contributed by atoms with E-state index in [0.29, 0.717) is 17.3 Å². The van der Waals surface area contributed by atoms with Crippen LogP contribution in [0.1, 0.15) is 22.3 Å². The minimum Gasteiger partial charge on any atom is -0.487 e. The van der Waals surface area contributed by atoms with E-state index in [9.17, 15) is 10.1 Å². The van der Waals surface area contributed by atoms with Gasteiger partial charge < -0.3 is 10.1 Å². The van der Waals surface area contributed by atoms with E-state index in [2.05, 4.69) is 31.3 Å². The number of non-ortho nitro benzene ring substituents is 1. The highest BCUT2D eigenvalue weighted by atomic mass is 35.5. The third kappa shape index (κ3) is 4.81. The van der Waals surface area contributed by atoms with Gasteiger partial charge in [-0.25, -0.2) is 0 Å². The van der Waals surface area contributed by atoms with Crippen LogP contribution in [0, 0.1) is 24.0 Å². The SMILES string of the molecule is Cc1cccc(NCc2ccc(OCc3ccc([N+](=O)[O-])cc3)c(Cl)c2)c1C. The van der Waals surface area contributed by atoms with Crippen LogP contribution in [0.25, 0.3) is 0 Å². The lowest BCUT2D eigenvalue weighted by Gasteiger charge is -2.13. The highest BCUT2D eigenvalue weighted by Gasteiger charge is 2.07. The van der Waals surface area contributed by atoms with Gasteiger partial charge in [0, 0.05) is 24.4 Å². The van der Waals surface area contributed by atoms with E-state index in [1.165, 1.54) is 23.3 Å². The molecule has 0 amide bonds. The number of aryl methyl sites for hydroxylation is 1. The molecule has 0 unspecified atom stereocenters. The van der Waals surface area contributed by atoms with Crippen LogP contribution < -0.4 is 10.1 Å². The zero-order valence-corrected chi connectivity index (χ0v) is 16.5. The van der Waals surface area contributed by atoms with Crippen molar-refractivity contribution in [3.05, 3.63) is 98.1 Å². The van der Waals surface area contributed by atoms with Crippen LogP contribution in [-0.2, 0) is 13.2 Å². The highest BCUT2D eigenvalue weighted by Crippen LogP contribution is 2.27. The maximum absolute atomic E-state index is 10.7. The van der Waals surface area contributed by atoms with Gasteiger partial charge in [0.15, 0.2) is 0 Å². The van der Waals surface area contributed by atoms with E-state index in [4.69, 9.17) is 16.3 Å². The molecule has 28 heavy (non-hydrogen) atoms. The number of rotatable bonds is 7. The summed E-state index contributed by atoms with van der Waals surface area (Å²) in [6.07, 6.45) is 0. The molecule has 144 valence electrons. The molecule has 0 saturated carbocycles. The first-order valence-electron chi connectivity index (χ1n) is 8.88. The number of hydrogen-bond acceptors (Lipinski definition) is 4. The summed E-state index contributed by atoms with van der Waals surface area (Å²) in [5.74, 6) is 0.579. The van der Waals surface area contributed by atoms with E-state index < -0.39 is 4.92 Å². The fourth-order valence-electron chi connectivity index (χ4n) is 2.79. The third-order valence-corrected chi connectivity index (χ3v) is 4.92. The van der Waals surface area contributed by atoms with Crippen LogP contribution in [0.4, 0.5) is 11.4 Å². The van der Waals surface area contributed by atoms with Gasteiger partial charge in [0.1, 0.15) is 12.4 Å². The topological polar surface area (TPSA) is 64.4 Å². The van der Waals surface area contributed by atoms with Crippen LogP contribution in [0.15, 0.2) is 60.7 Å². The van der Waals surface area contributed by atoms with Crippen LogP contribution in [-0.4, -0.2) is 4.92 Å². The molecule has 0 saturated heterocycles. The molecule has 0 aromatic heterocycles. The second-order valence-electron chi connectivity index (χ2n) is 6.58. The van der Waals surface area contributed by atoms with Gasteiger partial charge in [-0.05, 0) is 66.4 Å². The fraction of sp³-hybridized carbons (Fsp3) is 0.182. The monoisotopic (exact) mass is 396 g/mol. The first-order chi connectivity index (χ1) is 13.4. The Hall–Kier alpha value is -3.05. The molecule has 3 rings (SSSR count). The lowest BCUT2D eigenvalue weighted by molar-refractivity contribution is -0.384. The normalized spacial score (nSPS) is 10.5. The Bertz CT molecular complexity index is 988. The summed E-state index contributed by atoms with van der Waals surface area (Å²) in [7, 11) is 0. The van der Waals surface area contributed by atoms with Crippen molar-refractivity contribution in [3.8, 4) is 5.75 Å². The average molecular weight is 397 g/mol. The van der Waals surface area contributed by atoms with Crippen LogP contribution >= 0.6 is 11.6 Å². The number of anilines is 1. The van der Waals surface area contributed by atoms with Gasteiger partial charge in [-0.15, -0.1) is 0 Å². The molecule has 0 heterocycles. The number of nitro benzene ring substituents is 1. The molecule has 1 N–H and O–H groups in total. The first-order valence-corrected chi connectivity index (χ1v) is 9.26. The van der Waals surface area contributed by atoms with E-state index in [-0.39, 0.29) is 12.3 Å². The Labute approximate surface area is 169 Å². The maximum Gasteiger partial charge on any atom is 0.269 e. The molecule has 0 aliphatic rings. The van der Waals surface area contributed by atoms with Gasteiger partial charge in [0.05, 0.1) is 9.95 Å². The van der Waals surface area contributed by atoms with Gasteiger partial charge >= 0.3 is 0 Å². The Morgan fingerprint density at radius 3 is 2.43 bits per heavy atom. The summed E-state index contributed by atoms with van der Waals surface area (Å²) in [4.78, 5) is 10.3. The summed E-state index contributed by atoms with van der Waals surface area (Å²) in [5, 5.41) is 14.7. The Morgan fingerprint density at radius 1 is 1.04 bits per heavy atom. The lowest BCUT2D eigenvalue weighted by atomic mass is 10.1. The molecule has 0 aliphatic carbocycles. The van der Waals surface area contributed by atoms with Gasteiger partial charge in [0.25, 0.3) is 5.69 Å². The molecule has 3 aromatic carbocycles. The lowest BCUT2D eigenvalue weighted by Crippen LogP contribution is -2.02. The number of halogens is 1. The Morgan fingerprint density at radius 2 is 1.75 bits per heavy atom. The van der Waals surface area contributed by atoms with Gasteiger partial charge in [-0.1, -0.05) is 29.8 Å². The summed E-state index contributed by atoms with van der Waals surface area (Å²) < 4.78 is 5.75. The van der Waals surface area contributed by atoms with Gasteiger partial charge in [0.2, 0.25) is 0 Å². The molecule has 6 heteroatoms. The van der Waals surface area contributed by atoms with Crippen molar-refractivity contribution in [1.82, 2.24) is 0 Å². The van der Waals surface area contributed by atoms with E-state index in [0.717, 1.165) is 16.8 Å². The van der Waals surface area contributed by atoms with Crippen molar-refractivity contribution in [1.29, 1.82) is 0 Å². The predicted molar refractivity (Wildman–Crippen MR) is 112 cm³/mol. The minimum atomic E-state index is -0.424. The summed E-state index contributed by atoms with van der Waals surface area (Å²) in [6, 6.07) is 18.1. The number of nitrogens with one attached hydrogen (secondary N) is 1. The number of ether oxygens (including phenoxy) is 1.